The van der Waals surface area contributed by atoms with Gasteiger partial charge in [0.25, 0.3) is 0 Å². The van der Waals surface area contributed by atoms with E-state index in [1.807, 2.05) is 57.2 Å². The number of nitrogens with one attached hydrogen (secondary N) is 1. The lowest BCUT2D eigenvalue weighted by molar-refractivity contribution is -0.144. The average Bonchev–Trinajstić information content (AvgIpc) is 2.91. The molecule has 2 aliphatic rings. The van der Waals surface area contributed by atoms with E-state index in [1.54, 1.807) is 21.3 Å². The van der Waals surface area contributed by atoms with E-state index in [1.165, 1.54) is 0 Å². The number of hydrogen-bond donors (Lipinski definition) is 1. The van der Waals surface area contributed by atoms with Gasteiger partial charge in [-0.2, -0.15) is 0 Å². The Labute approximate surface area is 232 Å². The molecule has 38 heavy (non-hydrogen) atoms. The number of Topliss-reactive ketones (excluding diaryl/α,β-unsaturated/α-hetero) is 1. The largest absolute Gasteiger partial charge is 0.496 e. The number of dihydropyridines is 1. The number of ketones is 1. The molecule has 0 aromatic heterocycles. The lowest BCUT2D eigenvalue weighted by Gasteiger charge is -2.37. The predicted molar refractivity (Wildman–Crippen MR) is 149 cm³/mol. The third-order valence-electron chi connectivity index (χ3n) is 7.31. The molecule has 0 amide bonds. The molecule has 0 spiro atoms. The lowest BCUT2D eigenvalue weighted by Crippen LogP contribution is -2.36. The van der Waals surface area contributed by atoms with Crippen molar-refractivity contribution in [2.45, 2.75) is 58.0 Å². The fourth-order valence-corrected chi connectivity index (χ4v) is 5.60. The summed E-state index contributed by atoms with van der Waals surface area (Å²) in [5.41, 5.74) is 4.22. The molecule has 1 heterocycles. The van der Waals surface area contributed by atoms with Gasteiger partial charge in [-0.3, -0.25) is 4.79 Å². The van der Waals surface area contributed by atoms with E-state index in [2.05, 4.69) is 21.2 Å². The van der Waals surface area contributed by atoms with Crippen LogP contribution >= 0.6 is 15.9 Å². The quantitative estimate of drug-likeness (QED) is 0.371. The highest BCUT2D eigenvalue weighted by atomic mass is 79.9. The molecular formula is C30H34BrNO6. The van der Waals surface area contributed by atoms with Crippen LogP contribution in [0.25, 0.3) is 0 Å². The number of carbonyl (C=O) groups is 2. The van der Waals surface area contributed by atoms with Crippen molar-refractivity contribution in [3.63, 3.8) is 0 Å². The van der Waals surface area contributed by atoms with Crippen LogP contribution in [0.5, 0.6) is 17.2 Å². The van der Waals surface area contributed by atoms with Crippen LogP contribution in [0.4, 0.5) is 0 Å². The normalized spacial score (nSPS) is 19.9. The summed E-state index contributed by atoms with van der Waals surface area (Å²) in [7, 11) is 4.79. The first-order chi connectivity index (χ1) is 18.2. The first-order valence-electron chi connectivity index (χ1n) is 12.7. The van der Waals surface area contributed by atoms with Gasteiger partial charge in [-0.15, -0.1) is 0 Å². The molecule has 202 valence electrons. The van der Waals surface area contributed by atoms with Crippen molar-refractivity contribution in [1.82, 2.24) is 5.32 Å². The summed E-state index contributed by atoms with van der Waals surface area (Å²) in [6, 6.07) is 11.4. The Bertz CT molecular complexity index is 1310. The maximum absolute atomic E-state index is 13.9. The van der Waals surface area contributed by atoms with Crippen molar-refractivity contribution in [1.29, 1.82) is 0 Å². The van der Waals surface area contributed by atoms with Gasteiger partial charge in [0.15, 0.2) is 17.3 Å². The molecule has 0 bridgehead atoms. The zero-order valence-corrected chi connectivity index (χ0v) is 24.2. The molecule has 8 heteroatoms. The second kappa shape index (κ2) is 11.6. The minimum Gasteiger partial charge on any atom is -0.496 e. The van der Waals surface area contributed by atoms with E-state index in [-0.39, 0.29) is 17.8 Å². The summed E-state index contributed by atoms with van der Waals surface area (Å²) in [6.45, 7) is 5.69. The van der Waals surface area contributed by atoms with Gasteiger partial charge >= 0.3 is 5.97 Å². The van der Waals surface area contributed by atoms with E-state index in [0.29, 0.717) is 53.4 Å². The summed E-state index contributed by atoms with van der Waals surface area (Å²) in [4.78, 5) is 27.4. The van der Waals surface area contributed by atoms with Crippen molar-refractivity contribution < 1.29 is 28.5 Å². The van der Waals surface area contributed by atoms with Crippen molar-refractivity contribution in [2.24, 2.45) is 0 Å². The Morgan fingerprint density at radius 1 is 1.03 bits per heavy atom. The number of benzene rings is 2. The van der Waals surface area contributed by atoms with Crippen LogP contribution in [0.3, 0.4) is 0 Å². The van der Waals surface area contributed by atoms with Crippen molar-refractivity contribution in [3.8, 4) is 17.2 Å². The number of rotatable bonds is 8. The highest BCUT2D eigenvalue weighted by Gasteiger charge is 2.42. The van der Waals surface area contributed by atoms with Crippen LogP contribution in [-0.2, 0) is 14.3 Å². The molecule has 3 atom stereocenters. The standard InChI is InChI=1S/C30H34BrNO6/c1-7-16(2)38-30(34)27-17(3)32-22-12-19(18-8-10-25(36-5)26(14-18)37-6)13-23(33)29(22)28(27)21-15-20(31)9-11-24(21)35-4/h8-11,14-16,19,28,32H,7,12-13H2,1-6H3/t16-,19-,28+/m0/s1. The van der Waals surface area contributed by atoms with E-state index in [9.17, 15) is 9.59 Å². The molecule has 1 aliphatic heterocycles. The summed E-state index contributed by atoms with van der Waals surface area (Å²) in [5, 5.41) is 3.40. The van der Waals surface area contributed by atoms with Crippen LogP contribution in [0.15, 0.2) is 63.4 Å². The molecular weight excluding hydrogens is 550 g/mol. The van der Waals surface area contributed by atoms with Crippen LogP contribution < -0.4 is 19.5 Å². The van der Waals surface area contributed by atoms with Gasteiger partial charge in [-0.1, -0.05) is 28.9 Å². The monoisotopic (exact) mass is 583 g/mol. The van der Waals surface area contributed by atoms with Crippen molar-refractivity contribution in [3.05, 3.63) is 74.5 Å². The molecule has 1 N–H and O–H groups in total. The number of halogens is 1. The first-order valence-corrected chi connectivity index (χ1v) is 13.5. The molecule has 1 aliphatic carbocycles. The Hall–Kier alpha value is -3.26. The number of ether oxygens (including phenoxy) is 4. The molecule has 0 unspecified atom stereocenters. The fourth-order valence-electron chi connectivity index (χ4n) is 5.22. The first kappa shape index (κ1) is 27.8. The Kier molecular flexibility index (Phi) is 8.51. The lowest BCUT2D eigenvalue weighted by atomic mass is 9.71. The molecule has 2 aromatic carbocycles. The molecule has 0 fully saturated rings. The maximum atomic E-state index is 13.9. The highest BCUT2D eigenvalue weighted by Crippen LogP contribution is 2.48. The van der Waals surface area contributed by atoms with Crippen LogP contribution in [0, 0.1) is 0 Å². The van der Waals surface area contributed by atoms with Gasteiger partial charge in [0.05, 0.1) is 38.9 Å². The fraction of sp³-hybridized carbons (Fsp3) is 0.400. The average molecular weight is 585 g/mol. The number of carbonyl (C=O) groups excluding carboxylic acids is 2. The van der Waals surface area contributed by atoms with Gasteiger partial charge in [0.2, 0.25) is 0 Å². The molecule has 0 saturated carbocycles. The maximum Gasteiger partial charge on any atom is 0.337 e. The summed E-state index contributed by atoms with van der Waals surface area (Å²) in [6.07, 6.45) is 1.35. The van der Waals surface area contributed by atoms with Crippen molar-refractivity contribution in [2.75, 3.05) is 21.3 Å². The molecule has 2 aromatic rings. The Balaban J connectivity index is 1.82. The van der Waals surface area contributed by atoms with E-state index in [0.717, 1.165) is 21.3 Å². The Morgan fingerprint density at radius 3 is 2.37 bits per heavy atom. The van der Waals surface area contributed by atoms with Gasteiger partial charge < -0.3 is 24.3 Å². The summed E-state index contributed by atoms with van der Waals surface area (Å²) >= 11 is 3.56. The third-order valence-corrected chi connectivity index (χ3v) is 7.81. The van der Waals surface area contributed by atoms with Crippen LogP contribution in [0.1, 0.15) is 63.0 Å². The van der Waals surface area contributed by atoms with Gasteiger partial charge in [0, 0.05) is 33.4 Å². The molecule has 0 saturated heterocycles. The van der Waals surface area contributed by atoms with E-state index >= 15 is 0 Å². The van der Waals surface area contributed by atoms with Gasteiger partial charge in [-0.25, -0.2) is 4.79 Å². The highest BCUT2D eigenvalue weighted by molar-refractivity contribution is 9.10. The number of allylic oxidation sites excluding steroid dienone is 3. The minimum absolute atomic E-state index is 0.0214. The van der Waals surface area contributed by atoms with E-state index < -0.39 is 11.9 Å². The zero-order chi connectivity index (χ0) is 27.6. The second-order valence-electron chi connectivity index (χ2n) is 9.64. The minimum atomic E-state index is -0.617. The number of hydrogen-bond acceptors (Lipinski definition) is 7. The summed E-state index contributed by atoms with van der Waals surface area (Å²) < 4.78 is 23.2. The number of esters is 1. The molecule has 0 radical (unpaired) electrons. The SMILES string of the molecule is CC[C@H](C)OC(=O)C1=C(C)NC2=C(C(=O)C[C@@H](c3ccc(OC)c(OC)c3)C2)[C@@H]1c1cc(Br)ccc1OC. The smallest absolute Gasteiger partial charge is 0.337 e. The zero-order valence-electron chi connectivity index (χ0n) is 22.6. The second-order valence-corrected chi connectivity index (χ2v) is 10.6. The Morgan fingerprint density at radius 2 is 1.71 bits per heavy atom. The molecule has 4 rings (SSSR count). The number of methoxy groups -OCH3 is 3. The summed E-state index contributed by atoms with van der Waals surface area (Å²) in [5.74, 6) is 0.734. The van der Waals surface area contributed by atoms with Gasteiger partial charge in [-0.05, 0) is 68.5 Å². The van der Waals surface area contributed by atoms with E-state index in [4.69, 9.17) is 18.9 Å². The molecule has 7 nitrogen and oxygen atoms in total. The van der Waals surface area contributed by atoms with Crippen LogP contribution in [-0.4, -0.2) is 39.2 Å². The van der Waals surface area contributed by atoms with Gasteiger partial charge in [0.1, 0.15) is 5.75 Å². The van der Waals surface area contributed by atoms with Crippen LogP contribution in [0.2, 0.25) is 0 Å². The third kappa shape index (κ3) is 5.32. The predicted octanol–water partition coefficient (Wildman–Crippen LogP) is 6.18. The van der Waals surface area contributed by atoms with Crippen molar-refractivity contribution >= 4 is 27.7 Å². The topological polar surface area (TPSA) is 83.1 Å².